The van der Waals surface area contributed by atoms with Gasteiger partial charge in [0.05, 0.1) is 11.4 Å². The van der Waals surface area contributed by atoms with Crippen molar-refractivity contribution in [2.75, 3.05) is 11.1 Å². The first kappa shape index (κ1) is 12.3. The van der Waals surface area contributed by atoms with Gasteiger partial charge in [0.1, 0.15) is 11.5 Å². The smallest absolute Gasteiger partial charge is 0.152 e. The summed E-state index contributed by atoms with van der Waals surface area (Å²) >= 11 is 0. The van der Waals surface area contributed by atoms with Crippen LogP contribution in [0.15, 0.2) is 12.1 Å². The number of anilines is 3. The van der Waals surface area contributed by atoms with Crippen LogP contribution in [0.1, 0.15) is 11.3 Å². The van der Waals surface area contributed by atoms with Crippen LogP contribution >= 0.6 is 0 Å². The van der Waals surface area contributed by atoms with Crippen LogP contribution in [0.2, 0.25) is 0 Å². The van der Waals surface area contributed by atoms with E-state index in [1.807, 2.05) is 0 Å². The minimum Gasteiger partial charge on any atom is -0.394 e. The summed E-state index contributed by atoms with van der Waals surface area (Å²) in [5.41, 5.74) is 6.92. The normalized spacial score (nSPS) is 10.7. The van der Waals surface area contributed by atoms with E-state index in [9.17, 15) is 8.78 Å². The largest absolute Gasteiger partial charge is 0.394 e. The lowest BCUT2D eigenvalue weighted by Gasteiger charge is -2.11. The summed E-state index contributed by atoms with van der Waals surface area (Å²) in [4.78, 5) is 0. The summed E-state index contributed by atoms with van der Waals surface area (Å²) in [6.45, 7) is 3.29. The topological polar surface area (TPSA) is 55.9 Å². The maximum Gasteiger partial charge on any atom is 0.152 e. The Bertz CT molecular complexity index is 605. The molecule has 0 aliphatic heterocycles. The van der Waals surface area contributed by atoms with Gasteiger partial charge in [0, 0.05) is 7.05 Å². The van der Waals surface area contributed by atoms with Gasteiger partial charge in [-0.25, -0.2) is 8.78 Å². The molecule has 2 aromatic rings. The molecule has 0 radical (unpaired) electrons. The van der Waals surface area contributed by atoms with E-state index in [2.05, 4.69) is 10.4 Å². The Balaban J connectivity index is 2.49. The molecule has 96 valence electrons. The zero-order valence-electron chi connectivity index (χ0n) is 10.4. The number of benzene rings is 1. The highest BCUT2D eigenvalue weighted by Gasteiger charge is 2.16. The molecular weight excluding hydrogens is 238 g/mol. The van der Waals surface area contributed by atoms with Crippen LogP contribution in [0.4, 0.5) is 26.0 Å². The lowest BCUT2D eigenvalue weighted by molar-refractivity contribution is 0.584. The molecule has 1 aromatic heterocycles. The number of nitrogens with zero attached hydrogens (tertiary/aromatic N) is 2. The standard InChI is InChI=1S/C12H14F2N4/c1-6-4-5-8(13)11(9(6)14)16-12-10(15)7(2)17-18(12)3/h4-5,16H,15H2,1-3H3. The van der Waals surface area contributed by atoms with Crippen molar-refractivity contribution in [2.45, 2.75) is 13.8 Å². The molecule has 0 aliphatic carbocycles. The lowest BCUT2D eigenvalue weighted by Crippen LogP contribution is -2.05. The number of rotatable bonds is 2. The summed E-state index contributed by atoms with van der Waals surface area (Å²) < 4.78 is 28.9. The van der Waals surface area contributed by atoms with E-state index in [-0.39, 0.29) is 5.69 Å². The first-order valence-electron chi connectivity index (χ1n) is 5.42. The molecule has 1 heterocycles. The minimum atomic E-state index is -0.670. The highest BCUT2D eigenvalue weighted by molar-refractivity contribution is 5.71. The Morgan fingerprint density at radius 2 is 1.94 bits per heavy atom. The second-order valence-corrected chi connectivity index (χ2v) is 4.15. The van der Waals surface area contributed by atoms with Gasteiger partial charge in [-0.3, -0.25) is 4.68 Å². The molecule has 1 aromatic carbocycles. The average molecular weight is 252 g/mol. The number of hydrogen-bond acceptors (Lipinski definition) is 3. The monoisotopic (exact) mass is 252 g/mol. The molecule has 6 heteroatoms. The third-order valence-electron chi connectivity index (χ3n) is 2.80. The molecule has 3 N–H and O–H groups in total. The maximum absolute atomic E-state index is 13.8. The van der Waals surface area contributed by atoms with Crippen molar-refractivity contribution in [1.82, 2.24) is 9.78 Å². The molecule has 0 bridgehead atoms. The van der Waals surface area contributed by atoms with E-state index < -0.39 is 11.6 Å². The predicted molar refractivity (Wildman–Crippen MR) is 66.7 cm³/mol. The van der Waals surface area contributed by atoms with Gasteiger partial charge in [-0.1, -0.05) is 6.07 Å². The molecule has 0 atom stereocenters. The molecule has 0 saturated heterocycles. The van der Waals surface area contributed by atoms with Crippen LogP contribution in [0.5, 0.6) is 0 Å². The second kappa shape index (κ2) is 4.29. The number of aromatic nitrogens is 2. The van der Waals surface area contributed by atoms with Crippen molar-refractivity contribution in [3.63, 3.8) is 0 Å². The number of nitrogen functional groups attached to an aromatic ring is 1. The molecule has 4 nitrogen and oxygen atoms in total. The first-order valence-corrected chi connectivity index (χ1v) is 5.42. The van der Waals surface area contributed by atoms with Gasteiger partial charge >= 0.3 is 0 Å². The number of nitrogens with one attached hydrogen (secondary N) is 1. The minimum absolute atomic E-state index is 0.218. The number of halogens is 2. The van der Waals surface area contributed by atoms with Gasteiger partial charge in [-0.2, -0.15) is 5.10 Å². The van der Waals surface area contributed by atoms with Gasteiger partial charge in [0.25, 0.3) is 0 Å². The number of aryl methyl sites for hydroxylation is 3. The molecule has 0 fully saturated rings. The Hall–Kier alpha value is -2.11. The maximum atomic E-state index is 13.8. The van der Waals surface area contributed by atoms with E-state index in [0.29, 0.717) is 22.8 Å². The average Bonchev–Trinajstić information content (AvgIpc) is 2.55. The Labute approximate surface area is 103 Å². The molecule has 0 unspecified atom stereocenters. The van der Waals surface area contributed by atoms with Crippen molar-refractivity contribution in [2.24, 2.45) is 7.05 Å². The fourth-order valence-corrected chi connectivity index (χ4v) is 1.71. The summed E-state index contributed by atoms with van der Waals surface area (Å²) in [5, 5.41) is 6.74. The molecule has 0 spiro atoms. The molecular formula is C12H14F2N4. The molecule has 0 saturated carbocycles. The van der Waals surface area contributed by atoms with E-state index in [1.165, 1.54) is 16.8 Å². The van der Waals surface area contributed by atoms with Crippen LogP contribution in [0.25, 0.3) is 0 Å². The van der Waals surface area contributed by atoms with Crippen LogP contribution in [-0.2, 0) is 7.05 Å². The third kappa shape index (κ3) is 1.90. The van der Waals surface area contributed by atoms with Crippen molar-refractivity contribution in [1.29, 1.82) is 0 Å². The summed E-state index contributed by atoms with van der Waals surface area (Å²) in [5.74, 6) is -0.930. The fraction of sp³-hybridized carbons (Fsp3) is 0.250. The number of nitrogens with two attached hydrogens (primary N) is 1. The van der Waals surface area contributed by atoms with Crippen LogP contribution < -0.4 is 11.1 Å². The van der Waals surface area contributed by atoms with Crippen molar-refractivity contribution in [3.8, 4) is 0 Å². The van der Waals surface area contributed by atoms with Gasteiger partial charge < -0.3 is 11.1 Å². The quantitative estimate of drug-likeness (QED) is 0.863. The highest BCUT2D eigenvalue weighted by atomic mass is 19.1. The molecule has 2 rings (SSSR count). The van der Waals surface area contributed by atoms with Crippen molar-refractivity contribution in [3.05, 3.63) is 35.0 Å². The van der Waals surface area contributed by atoms with Gasteiger partial charge in [-0.15, -0.1) is 0 Å². The molecule has 0 amide bonds. The second-order valence-electron chi connectivity index (χ2n) is 4.15. The van der Waals surface area contributed by atoms with E-state index in [1.54, 1.807) is 20.9 Å². The Morgan fingerprint density at radius 3 is 2.50 bits per heavy atom. The van der Waals surface area contributed by atoms with Crippen LogP contribution in [0.3, 0.4) is 0 Å². The lowest BCUT2D eigenvalue weighted by atomic mass is 10.2. The number of hydrogen-bond donors (Lipinski definition) is 2. The van der Waals surface area contributed by atoms with Crippen molar-refractivity contribution >= 4 is 17.2 Å². The predicted octanol–water partition coefficient (Wildman–Crippen LogP) is 2.64. The Morgan fingerprint density at radius 1 is 1.28 bits per heavy atom. The summed E-state index contributed by atoms with van der Waals surface area (Å²) in [7, 11) is 1.65. The SMILES string of the molecule is Cc1ccc(F)c(Nc2c(N)c(C)nn2C)c1F. The first-order chi connectivity index (χ1) is 8.41. The van der Waals surface area contributed by atoms with Gasteiger partial charge in [-0.05, 0) is 25.5 Å². The van der Waals surface area contributed by atoms with E-state index in [0.717, 1.165) is 0 Å². The van der Waals surface area contributed by atoms with E-state index in [4.69, 9.17) is 5.73 Å². The van der Waals surface area contributed by atoms with Gasteiger partial charge in [0.2, 0.25) is 0 Å². The van der Waals surface area contributed by atoms with Crippen LogP contribution in [0, 0.1) is 25.5 Å². The van der Waals surface area contributed by atoms with Crippen LogP contribution in [-0.4, -0.2) is 9.78 Å². The zero-order valence-corrected chi connectivity index (χ0v) is 10.4. The van der Waals surface area contributed by atoms with E-state index >= 15 is 0 Å². The van der Waals surface area contributed by atoms with Gasteiger partial charge in [0.15, 0.2) is 11.6 Å². The molecule has 0 aliphatic rings. The van der Waals surface area contributed by atoms with Crippen molar-refractivity contribution < 1.29 is 8.78 Å². The zero-order chi connectivity index (χ0) is 13.4. The summed E-state index contributed by atoms with van der Waals surface area (Å²) in [6.07, 6.45) is 0. The highest BCUT2D eigenvalue weighted by Crippen LogP contribution is 2.29. The molecule has 18 heavy (non-hydrogen) atoms. The fourth-order valence-electron chi connectivity index (χ4n) is 1.71. The Kier molecular flexibility index (Phi) is 2.94. The third-order valence-corrected chi connectivity index (χ3v) is 2.80. The summed E-state index contributed by atoms with van der Waals surface area (Å²) in [6, 6.07) is 2.59.